The highest BCUT2D eigenvalue weighted by Gasteiger charge is 2.34. The maximum absolute atomic E-state index is 13.1. The van der Waals surface area contributed by atoms with Gasteiger partial charge in [-0.3, -0.25) is 9.59 Å². The zero-order chi connectivity index (χ0) is 20.8. The van der Waals surface area contributed by atoms with Gasteiger partial charge in [-0.05, 0) is 18.2 Å². The number of imidazole rings is 1. The molecule has 150 valence electrons. The van der Waals surface area contributed by atoms with E-state index in [4.69, 9.17) is 10.5 Å². The number of hydrogen-bond acceptors (Lipinski definition) is 6. The highest BCUT2D eigenvalue weighted by Crippen LogP contribution is 2.35. The minimum atomic E-state index is -4.62. The molecule has 0 saturated carbocycles. The first kappa shape index (κ1) is 18.7. The summed E-state index contributed by atoms with van der Waals surface area (Å²) in [6.45, 7) is 0. The van der Waals surface area contributed by atoms with Crippen molar-refractivity contribution in [2.24, 2.45) is 0 Å². The second kappa shape index (κ2) is 6.76. The Morgan fingerprint density at radius 2 is 2.07 bits per heavy atom. The third-order valence-corrected chi connectivity index (χ3v) is 4.44. The van der Waals surface area contributed by atoms with Crippen molar-refractivity contribution < 1.29 is 27.5 Å². The van der Waals surface area contributed by atoms with Gasteiger partial charge in [0.15, 0.2) is 11.9 Å². The average molecular weight is 405 g/mol. The molecular formula is C18H14F3N5O3. The van der Waals surface area contributed by atoms with Crippen molar-refractivity contribution >= 4 is 29.2 Å². The number of carbonyl (C=O) groups is 2. The number of alkyl halides is 3. The Hall–Kier alpha value is -3.63. The largest absolute Gasteiger partial charge is 0.452 e. The van der Waals surface area contributed by atoms with Gasteiger partial charge in [-0.1, -0.05) is 0 Å². The molecule has 4 rings (SSSR count). The molecule has 0 bridgehead atoms. The van der Waals surface area contributed by atoms with Gasteiger partial charge in [0.2, 0.25) is 0 Å². The highest BCUT2D eigenvalue weighted by atomic mass is 19.4. The Labute approximate surface area is 161 Å². The van der Waals surface area contributed by atoms with Crippen molar-refractivity contribution in [2.45, 2.75) is 25.1 Å². The smallest absolute Gasteiger partial charge is 0.419 e. The predicted octanol–water partition coefficient (Wildman–Crippen LogP) is 2.64. The average Bonchev–Trinajstić information content (AvgIpc) is 3.26. The normalized spacial score (nSPS) is 16.8. The topological polar surface area (TPSA) is 112 Å². The number of halogens is 3. The molecule has 1 fully saturated rings. The van der Waals surface area contributed by atoms with Crippen LogP contribution in [-0.2, 0) is 20.5 Å². The lowest BCUT2D eigenvalue weighted by molar-refractivity contribution is -0.146. The van der Waals surface area contributed by atoms with E-state index in [0.717, 1.165) is 6.07 Å². The third kappa shape index (κ3) is 3.71. The molecule has 1 atom stereocenters. The van der Waals surface area contributed by atoms with Crippen LogP contribution in [-0.4, -0.2) is 32.3 Å². The second-order valence-electron chi connectivity index (χ2n) is 6.47. The lowest BCUT2D eigenvalue weighted by Gasteiger charge is -2.11. The Morgan fingerprint density at radius 1 is 1.28 bits per heavy atom. The summed E-state index contributed by atoms with van der Waals surface area (Å²) in [5.74, 6) is -1.29. The zero-order valence-electron chi connectivity index (χ0n) is 14.7. The lowest BCUT2D eigenvalue weighted by atomic mass is 10.1. The van der Waals surface area contributed by atoms with Crippen LogP contribution in [0.4, 0.5) is 24.8 Å². The monoisotopic (exact) mass is 405 g/mol. The minimum Gasteiger partial charge on any atom is -0.452 e. The quantitative estimate of drug-likeness (QED) is 0.648. The molecule has 1 aliphatic heterocycles. The number of nitrogens with two attached hydrogens (primary N) is 1. The van der Waals surface area contributed by atoms with Crippen LogP contribution in [0.15, 0.2) is 36.8 Å². The zero-order valence-corrected chi connectivity index (χ0v) is 14.7. The molecule has 3 aromatic rings. The van der Waals surface area contributed by atoms with Crippen molar-refractivity contribution in [3.8, 4) is 11.1 Å². The van der Waals surface area contributed by atoms with Crippen LogP contribution < -0.4 is 11.1 Å². The summed E-state index contributed by atoms with van der Waals surface area (Å²) in [5, 5.41) is 2.56. The number of nitrogens with one attached hydrogen (secondary N) is 1. The molecule has 1 amide bonds. The molecule has 1 saturated heterocycles. The molecule has 3 aromatic heterocycles. The number of aromatic nitrogens is 3. The van der Waals surface area contributed by atoms with Gasteiger partial charge in [-0.2, -0.15) is 13.2 Å². The number of cyclic esters (lactones) is 1. The number of amides is 1. The van der Waals surface area contributed by atoms with Crippen LogP contribution in [0.25, 0.3) is 16.8 Å². The number of rotatable bonds is 3. The molecule has 29 heavy (non-hydrogen) atoms. The van der Waals surface area contributed by atoms with Crippen LogP contribution >= 0.6 is 0 Å². The van der Waals surface area contributed by atoms with Crippen molar-refractivity contribution in [1.29, 1.82) is 0 Å². The Kier molecular flexibility index (Phi) is 4.36. The predicted molar refractivity (Wildman–Crippen MR) is 95.6 cm³/mol. The summed E-state index contributed by atoms with van der Waals surface area (Å²) in [4.78, 5) is 31.1. The number of pyridine rings is 2. The van der Waals surface area contributed by atoms with Gasteiger partial charge in [0.1, 0.15) is 11.5 Å². The number of nitrogens with zero attached hydrogens (tertiary/aromatic N) is 3. The SMILES string of the molecule is Nc1ncc(-c2ccc3nc(NC(=O)[C@H]4CCC(=O)O4)cn3c2)cc1C(F)(F)F. The van der Waals surface area contributed by atoms with Crippen molar-refractivity contribution in [2.75, 3.05) is 11.1 Å². The molecule has 0 spiro atoms. The maximum atomic E-state index is 13.1. The van der Waals surface area contributed by atoms with Crippen molar-refractivity contribution in [3.63, 3.8) is 0 Å². The molecule has 0 unspecified atom stereocenters. The summed E-state index contributed by atoms with van der Waals surface area (Å²) in [7, 11) is 0. The van der Waals surface area contributed by atoms with Crippen LogP contribution in [0, 0.1) is 0 Å². The van der Waals surface area contributed by atoms with Gasteiger partial charge in [0, 0.05) is 36.4 Å². The van der Waals surface area contributed by atoms with E-state index in [-0.39, 0.29) is 17.8 Å². The van der Waals surface area contributed by atoms with E-state index in [2.05, 4.69) is 15.3 Å². The molecule has 0 aromatic carbocycles. The fraction of sp³-hybridized carbons (Fsp3) is 0.222. The first-order valence-corrected chi connectivity index (χ1v) is 8.53. The standard InChI is InChI=1S/C18H14F3N5O3/c19-18(20,21)11-5-10(6-23-16(11)22)9-1-3-14-24-13(8-26(14)7-9)25-17(28)12-2-4-15(27)29-12/h1,3,5-8,12H,2,4H2,(H2,22,23)(H,25,28)/t12-/m1/s1. The van der Waals surface area contributed by atoms with E-state index in [1.54, 1.807) is 22.7 Å². The number of hydrogen-bond donors (Lipinski definition) is 2. The van der Waals surface area contributed by atoms with Crippen LogP contribution in [0.3, 0.4) is 0 Å². The Bertz CT molecular complexity index is 1130. The second-order valence-corrected chi connectivity index (χ2v) is 6.47. The Morgan fingerprint density at radius 3 is 2.76 bits per heavy atom. The third-order valence-electron chi connectivity index (χ3n) is 4.44. The fourth-order valence-electron chi connectivity index (χ4n) is 3.00. The number of esters is 1. The molecule has 0 radical (unpaired) electrons. The van der Waals surface area contributed by atoms with E-state index in [9.17, 15) is 22.8 Å². The van der Waals surface area contributed by atoms with Crippen molar-refractivity contribution in [1.82, 2.24) is 14.4 Å². The van der Waals surface area contributed by atoms with Gasteiger partial charge < -0.3 is 20.2 Å². The number of ether oxygens (including phenoxy) is 1. The van der Waals surface area contributed by atoms with E-state index in [1.807, 2.05) is 0 Å². The Balaban J connectivity index is 1.61. The molecule has 4 heterocycles. The summed E-state index contributed by atoms with van der Waals surface area (Å²) in [6, 6.07) is 4.10. The molecule has 11 heteroatoms. The summed E-state index contributed by atoms with van der Waals surface area (Å²) in [5.41, 5.74) is 5.47. The lowest BCUT2D eigenvalue weighted by Crippen LogP contribution is -2.27. The molecule has 0 aliphatic carbocycles. The van der Waals surface area contributed by atoms with Crippen molar-refractivity contribution in [3.05, 3.63) is 42.4 Å². The van der Waals surface area contributed by atoms with Gasteiger partial charge in [-0.15, -0.1) is 0 Å². The minimum absolute atomic E-state index is 0.183. The van der Waals surface area contributed by atoms with Gasteiger partial charge >= 0.3 is 12.1 Å². The number of fused-ring (bicyclic) bond motifs is 1. The van der Waals surface area contributed by atoms with Gasteiger partial charge in [0.25, 0.3) is 5.91 Å². The fourth-order valence-corrected chi connectivity index (χ4v) is 3.00. The van der Waals surface area contributed by atoms with E-state index in [0.29, 0.717) is 17.6 Å². The number of carbonyl (C=O) groups excluding carboxylic acids is 2. The van der Waals surface area contributed by atoms with Crippen LogP contribution in [0.5, 0.6) is 0 Å². The molecule has 3 N–H and O–H groups in total. The van der Waals surface area contributed by atoms with Gasteiger partial charge in [0.05, 0.1) is 11.8 Å². The first-order valence-electron chi connectivity index (χ1n) is 8.53. The molecule has 1 aliphatic rings. The van der Waals surface area contributed by atoms with E-state index >= 15 is 0 Å². The van der Waals surface area contributed by atoms with E-state index < -0.39 is 35.5 Å². The molecular weight excluding hydrogens is 391 g/mol. The highest BCUT2D eigenvalue weighted by molar-refractivity contribution is 5.96. The maximum Gasteiger partial charge on any atom is 0.419 e. The first-order chi connectivity index (χ1) is 13.7. The number of anilines is 2. The van der Waals surface area contributed by atoms with Gasteiger partial charge in [-0.25, -0.2) is 9.97 Å². The van der Waals surface area contributed by atoms with Crippen LogP contribution in [0.2, 0.25) is 0 Å². The van der Waals surface area contributed by atoms with E-state index in [1.165, 1.54) is 12.4 Å². The summed E-state index contributed by atoms with van der Waals surface area (Å²) in [6.07, 6.45) is -0.683. The molecule has 8 nitrogen and oxygen atoms in total. The number of nitrogen functional groups attached to an aromatic ring is 1. The van der Waals surface area contributed by atoms with Crippen LogP contribution in [0.1, 0.15) is 18.4 Å². The summed E-state index contributed by atoms with van der Waals surface area (Å²) < 4.78 is 45.7. The summed E-state index contributed by atoms with van der Waals surface area (Å²) >= 11 is 0.